The van der Waals surface area contributed by atoms with E-state index in [-0.39, 0.29) is 11.9 Å². The quantitative estimate of drug-likeness (QED) is 0.706. The first-order chi connectivity index (χ1) is 6.26. The fourth-order valence-corrected chi connectivity index (χ4v) is 3.19. The summed E-state index contributed by atoms with van der Waals surface area (Å²) >= 11 is 0. The topological polar surface area (TPSA) is 80.5 Å². The van der Waals surface area contributed by atoms with Crippen LogP contribution in [0.2, 0.25) is 0 Å². The number of carbonyl (C=O) groups excluding carboxylic acids is 1. The zero-order valence-corrected chi connectivity index (χ0v) is 9.47. The maximum atomic E-state index is 11.7. The van der Waals surface area contributed by atoms with Gasteiger partial charge in [0, 0.05) is 6.04 Å². The van der Waals surface area contributed by atoms with Gasteiger partial charge in [-0.25, -0.2) is 12.7 Å². The molecule has 1 saturated heterocycles. The third-order valence-electron chi connectivity index (χ3n) is 2.60. The molecule has 0 spiro atoms. The minimum atomic E-state index is -3.44. The second-order valence-electron chi connectivity index (χ2n) is 4.04. The highest BCUT2D eigenvalue weighted by Crippen LogP contribution is 2.36. The first kappa shape index (κ1) is 11.5. The van der Waals surface area contributed by atoms with Crippen molar-refractivity contribution in [2.45, 2.75) is 38.0 Å². The molecule has 1 heterocycles. The van der Waals surface area contributed by atoms with Gasteiger partial charge in [-0.2, -0.15) is 0 Å². The van der Waals surface area contributed by atoms with Crippen LogP contribution in [0.5, 0.6) is 0 Å². The zero-order chi connectivity index (χ0) is 11.1. The van der Waals surface area contributed by atoms with Gasteiger partial charge in [0.15, 0.2) is 4.75 Å². The Labute approximate surface area is 84.3 Å². The van der Waals surface area contributed by atoms with Gasteiger partial charge in [0.05, 0.1) is 0 Å². The molecule has 1 unspecified atom stereocenters. The summed E-state index contributed by atoms with van der Waals surface area (Å²) in [6.45, 7) is 4.92. The molecule has 1 amide bonds. The van der Waals surface area contributed by atoms with Gasteiger partial charge >= 0.3 is 0 Å². The van der Waals surface area contributed by atoms with E-state index in [1.54, 1.807) is 6.92 Å². The van der Waals surface area contributed by atoms with Crippen molar-refractivity contribution < 1.29 is 13.2 Å². The lowest BCUT2D eigenvalue weighted by Gasteiger charge is -2.46. The van der Waals surface area contributed by atoms with Crippen LogP contribution in [-0.2, 0) is 14.8 Å². The van der Waals surface area contributed by atoms with Crippen LogP contribution < -0.4 is 5.73 Å². The molecule has 82 valence electrons. The highest BCUT2D eigenvalue weighted by molar-refractivity contribution is 7.94. The van der Waals surface area contributed by atoms with E-state index in [1.807, 2.05) is 0 Å². The Bertz CT molecular complexity index is 348. The van der Waals surface area contributed by atoms with E-state index in [1.165, 1.54) is 13.8 Å². The van der Waals surface area contributed by atoms with E-state index in [2.05, 4.69) is 0 Å². The van der Waals surface area contributed by atoms with E-state index in [9.17, 15) is 13.2 Å². The molecule has 6 heteroatoms. The molecule has 5 nitrogen and oxygen atoms in total. The molecule has 0 aromatic heterocycles. The van der Waals surface area contributed by atoms with Crippen molar-refractivity contribution in [1.29, 1.82) is 0 Å². The van der Waals surface area contributed by atoms with Crippen molar-refractivity contribution in [3.8, 4) is 0 Å². The molecule has 1 aliphatic rings. The van der Waals surface area contributed by atoms with Crippen LogP contribution in [0.4, 0.5) is 0 Å². The fraction of sp³-hybridized carbons (Fsp3) is 0.875. The number of nitrogens with two attached hydrogens (primary N) is 1. The van der Waals surface area contributed by atoms with Gasteiger partial charge in [-0.3, -0.25) is 4.79 Å². The summed E-state index contributed by atoms with van der Waals surface area (Å²) in [4.78, 5) is 11.5. The van der Waals surface area contributed by atoms with Crippen molar-refractivity contribution in [3.05, 3.63) is 0 Å². The Kier molecular flexibility index (Phi) is 2.62. The van der Waals surface area contributed by atoms with Gasteiger partial charge in [0.2, 0.25) is 0 Å². The average Bonchev–Trinajstić information content (AvgIpc) is 2.04. The lowest BCUT2D eigenvalue weighted by Crippen LogP contribution is -2.69. The summed E-state index contributed by atoms with van der Waals surface area (Å²) in [6.07, 6.45) is 0.501. The average molecular weight is 220 g/mol. The Morgan fingerprint density at radius 3 is 2.36 bits per heavy atom. The number of amides is 1. The normalized spacial score (nSPS) is 25.7. The molecule has 0 aliphatic carbocycles. The summed E-state index contributed by atoms with van der Waals surface area (Å²) < 4.78 is 23.0. The van der Waals surface area contributed by atoms with Crippen molar-refractivity contribution in [1.82, 2.24) is 4.31 Å². The molecular weight excluding hydrogens is 204 g/mol. The zero-order valence-electron chi connectivity index (χ0n) is 8.65. The molecule has 0 aromatic rings. The van der Waals surface area contributed by atoms with Gasteiger partial charge in [-0.15, -0.1) is 0 Å². The van der Waals surface area contributed by atoms with Crippen LogP contribution in [0.1, 0.15) is 27.2 Å². The predicted molar refractivity (Wildman–Crippen MR) is 53.0 cm³/mol. The minimum Gasteiger partial charge on any atom is -0.330 e. The van der Waals surface area contributed by atoms with Crippen molar-refractivity contribution in [2.75, 3.05) is 6.54 Å². The number of hydrogen-bond donors (Lipinski definition) is 1. The first-order valence-electron chi connectivity index (χ1n) is 4.55. The standard InChI is InChI=1S/C8H16N2O3S/c1-6(4-5-9)10-7(11)8(2,3)14(10,12)13/h6H,4-5,9H2,1-3H3. The van der Waals surface area contributed by atoms with Gasteiger partial charge in [0.25, 0.3) is 15.9 Å². The molecule has 1 aliphatic heterocycles. The number of sulfonamides is 1. The van der Waals surface area contributed by atoms with Crippen LogP contribution in [0.15, 0.2) is 0 Å². The number of carbonyl (C=O) groups is 1. The molecule has 0 radical (unpaired) electrons. The van der Waals surface area contributed by atoms with Gasteiger partial charge in [-0.1, -0.05) is 0 Å². The second kappa shape index (κ2) is 3.20. The van der Waals surface area contributed by atoms with E-state index < -0.39 is 14.8 Å². The maximum Gasteiger partial charge on any atom is 0.259 e. The molecular formula is C8H16N2O3S. The Balaban J connectivity index is 2.91. The maximum absolute atomic E-state index is 11.7. The molecule has 0 aromatic carbocycles. The van der Waals surface area contributed by atoms with Crippen LogP contribution in [-0.4, -0.2) is 36.0 Å². The van der Waals surface area contributed by atoms with E-state index >= 15 is 0 Å². The number of hydrogen-bond acceptors (Lipinski definition) is 4. The Hall–Kier alpha value is -0.620. The van der Waals surface area contributed by atoms with Crippen molar-refractivity contribution in [3.63, 3.8) is 0 Å². The van der Waals surface area contributed by atoms with Crippen molar-refractivity contribution >= 4 is 15.9 Å². The summed E-state index contributed by atoms with van der Waals surface area (Å²) in [5.74, 6) is -0.335. The minimum absolute atomic E-state index is 0.328. The third kappa shape index (κ3) is 1.25. The summed E-state index contributed by atoms with van der Waals surface area (Å²) in [5, 5.41) is 0. The summed E-state index contributed by atoms with van der Waals surface area (Å²) in [6, 6.07) is -0.328. The molecule has 1 rings (SSSR count). The Morgan fingerprint density at radius 1 is 1.50 bits per heavy atom. The van der Waals surface area contributed by atoms with Gasteiger partial charge in [0.1, 0.15) is 0 Å². The summed E-state index contributed by atoms with van der Waals surface area (Å²) in [7, 11) is -3.44. The molecule has 14 heavy (non-hydrogen) atoms. The predicted octanol–water partition coefficient (Wildman–Crippen LogP) is -0.326. The number of rotatable bonds is 3. The van der Waals surface area contributed by atoms with Gasteiger partial charge in [-0.05, 0) is 33.7 Å². The third-order valence-corrected chi connectivity index (χ3v) is 5.11. The smallest absolute Gasteiger partial charge is 0.259 e. The van der Waals surface area contributed by atoms with E-state index in [4.69, 9.17) is 5.73 Å². The SMILES string of the molecule is CC(CCN)N1C(=O)C(C)(C)S1(=O)=O. The highest BCUT2D eigenvalue weighted by atomic mass is 32.2. The van der Waals surface area contributed by atoms with Crippen LogP contribution in [0.3, 0.4) is 0 Å². The van der Waals surface area contributed by atoms with Crippen LogP contribution in [0, 0.1) is 0 Å². The lowest BCUT2D eigenvalue weighted by molar-refractivity contribution is -0.133. The van der Waals surface area contributed by atoms with Crippen LogP contribution in [0.25, 0.3) is 0 Å². The van der Waals surface area contributed by atoms with Crippen LogP contribution >= 0.6 is 0 Å². The lowest BCUT2D eigenvalue weighted by atomic mass is 10.1. The first-order valence-corrected chi connectivity index (χ1v) is 5.99. The molecule has 2 N–H and O–H groups in total. The summed E-state index contributed by atoms with van der Waals surface area (Å²) in [5.41, 5.74) is 5.31. The highest BCUT2D eigenvalue weighted by Gasteiger charge is 2.61. The molecule has 1 fully saturated rings. The largest absolute Gasteiger partial charge is 0.330 e. The number of nitrogens with zero attached hydrogens (tertiary/aromatic N) is 1. The van der Waals surface area contributed by atoms with E-state index in [0.717, 1.165) is 4.31 Å². The molecule has 0 saturated carbocycles. The fourth-order valence-electron chi connectivity index (χ4n) is 1.49. The Morgan fingerprint density at radius 2 is 2.00 bits per heavy atom. The van der Waals surface area contributed by atoms with Crippen molar-refractivity contribution in [2.24, 2.45) is 5.73 Å². The molecule has 0 bridgehead atoms. The van der Waals surface area contributed by atoms with Gasteiger partial charge < -0.3 is 5.73 Å². The monoisotopic (exact) mass is 220 g/mol. The van der Waals surface area contributed by atoms with E-state index in [0.29, 0.717) is 13.0 Å². The second-order valence-corrected chi connectivity index (χ2v) is 6.41. The molecule has 1 atom stereocenters.